The van der Waals surface area contributed by atoms with Crippen molar-refractivity contribution in [2.45, 2.75) is 6.92 Å². The van der Waals surface area contributed by atoms with Gasteiger partial charge in [0, 0.05) is 11.6 Å². The minimum absolute atomic E-state index is 0.262. The molecule has 0 fully saturated rings. The van der Waals surface area contributed by atoms with E-state index in [9.17, 15) is 4.79 Å². The van der Waals surface area contributed by atoms with Gasteiger partial charge in [-0.05, 0) is 24.6 Å². The number of benzene rings is 1. The average molecular weight is 285 g/mol. The highest BCUT2D eigenvalue weighted by molar-refractivity contribution is 6.37. The smallest absolute Gasteiger partial charge is 0.229 e. The molecular weight excluding hydrogens is 275 g/mol. The molecule has 94 valence electrons. The number of ether oxygens (including phenoxy) is 1. The molecule has 5 heteroatoms. The molecule has 0 radical (unpaired) electrons. The number of hydrogen-bond acceptors (Lipinski definition) is 3. The van der Waals surface area contributed by atoms with Crippen molar-refractivity contribution < 1.29 is 13.9 Å². The minimum atomic E-state index is -0.299. The van der Waals surface area contributed by atoms with E-state index < -0.39 is 0 Å². The maximum Gasteiger partial charge on any atom is 0.229 e. The second-order valence-electron chi connectivity index (χ2n) is 3.73. The van der Waals surface area contributed by atoms with Crippen LogP contribution in [0, 0.1) is 6.92 Å². The predicted octanol–water partition coefficient (Wildman–Crippen LogP) is 4.13. The molecule has 0 aliphatic rings. The van der Waals surface area contributed by atoms with Gasteiger partial charge in [-0.1, -0.05) is 23.2 Å². The molecule has 0 bridgehead atoms. The lowest BCUT2D eigenvalue weighted by Crippen LogP contribution is -2.03. The van der Waals surface area contributed by atoms with E-state index in [4.69, 9.17) is 32.4 Å². The maximum absolute atomic E-state index is 12.2. The standard InChI is InChI=1S/C13H10Cl2O3/c1-7-3-4-18-13(7)12(16)8-5-10(15)11(17-2)6-9(8)14/h3-6H,1-2H3. The van der Waals surface area contributed by atoms with Crippen LogP contribution >= 0.6 is 23.2 Å². The first-order valence-electron chi connectivity index (χ1n) is 5.16. The van der Waals surface area contributed by atoms with Crippen molar-refractivity contribution in [2.75, 3.05) is 7.11 Å². The van der Waals surface area contributed by atoms with Gasteiger partial charge in [0.2, 0.25) is 5.78 Å². The van der Waals surface area contributed by atoms with Crippen molar-refractivity contribution in [1.29, 1.82) is 0 Å². The molecule has 0 atom stereocenters. The van der Waals surface area contributed by atoms with Crippen molar-refractivity contribution in [3.63, 3.8) is 0 Å². The van der Waals surface area contributed by atoms with Gasteiger partial charge >= 0.3 is 0 Å². The molecule has 0 saturated heterocycles. The molecule has 1 heterocycles. The third-order valence-electron chi connectivity index (χ3n) is 2.55. The van der Waals surface area contributed by atoms with Crippen LogP contribution in [0.2, 0.25) is 10.0 Å². The van der Waals surface area contributed by atoms with Gasteiger partial charge in [0.15, 0.2) is 5.76 Å². The summed E-state index contributed by atoms with van der Waals surface area (Å²) < 4.78 is 10.2. The van der Waals surface area contributed by atoms with Crippen LogP contribution in [-0.2, 0) is 0 Å². The Bertz CT molecular complexity index is 602. The van der Waals surface area contributed by atoms with Crippen LogP contribution in [-0.4, -0.2) is 12.9 Å². The predicted molar refractivity (Wildman–Crippen MR) is 69.9 cm³/mol. The van der Waals surface area contributed by atoms with E-state index in [2.05, 4.69) is 0 Å². The first-order chi connectivity index (χ1) is 8.54. The number of ketones is 1. The van der Waals surface area contributed by atoms with Crippen LogP contribution in [0.15, 0.2) is 28.9 Å². The summed E-state index contributed by atoms with van der Waals surface area (Å²) in [6.45, 7) is 1.79. The molecule has 1 aromatic heterocycles. The third-order valence-corrected chi connectivity index (χ3v) is 3.16. The highest BCUT2D eigenvalue weighted by Gasteiger charge is 2.20. The number of hydrogen-bond donors (Lipinski definition) is 0. The molecule has 0 N–H and O–H groups in total. The molecule has 3 nitrogen and oxygen atoms in total. The Morgan fingerprint density at radius 3 is 2.56 bits per heavy atom. The summed E-state index contributed by atoms with van der Waals surface area (Å²) in [6, 6.07) is 4.70. The lowest BCUT2D eigenvalue weighted by Gasteiger charge is -2.07. The van der Waals surface area contributed by atoms with Crippen LogP contribution in [0.25, 0.3) is 0 Å². The van der Waals surface area contributed by atoms with E-state index in [0.717, 1.165) is 5.56 Å². The number of methoxy groups -OCH3 is 1. The minimum Gasteiger partial charge on any atom is -0.495 e. The van der Waals surface area contributed by atoms with E-state index in [1.165, 1.54) is 25.5 Å². The summed E-state index contributed by atoms with van der Waals surface area (Å²) in [6.07, 6.45) is 1.46. The second kappa shape index (κ2) is 5.04. The Morgan fingerprint density at radius 2 is 2.00 bits per heavy atom. The highest BCUT2D eigenvalue weighted by atomic mass is 35.5. The zero-order valence-electron chi connectivity index (χ0n) is 9.79. The molecule has 18 heavy (non-hydrogen) atoms. The summed E-state index contributed by atoms with van der Waals surface area (Å²) >= 11 is 12.0. The average Bonchev–Trinajstić information content (AvgIpc) is 2.77. The summed E-state index contributed by atoms with van der Waals surface area (Å²) in [7, 11) is 1.48. The first-order valence-corrected chi connectivity index (χ1v) is 5.92. The number of halogens is 2. The molecular formula is C13H10Cl2O3. The first kappa shape index (κ1) is 13.0. The van der Waals surface area contributed by atoms with Gasteiger partial charge in [-0.2, -0.15) is 0 Å². The van der Waals surface area contributed by atoms with Gasteiger partial charge in [-0.3, -0.25) is 4.79 Å². The molecule has 0 unspecified atom stereocenters. The van der Waals surface area contributed by atoms with Crippen LogP contribution in [0.3, 0.4) is 0 Å². The van der Waals surface area contributed by atoms with Gasteiger partial charge in [0.05, 0.1) is 23.4 Å². The Hall–Kier alpha value is -1.45. The molecule has 0 spiro atoms. The van der Waals surface area contributed by atoms with Gasteiger partial charge in [0.25, 0.3) is 0 Å². The van der Waals surface area contributed by atoms with Gasteiger partial charge < -0.3 is 9.15 Å². The van der Waals surface area contributed by atoms with Crippen molar-refractivity contribution in [1.82, 2.24) is 0 Å². The maximum atomic E-state index is 12.2. The van der Waals surface area contributed by atoms with E-state index in [1.807, 2.05) is 0 Å². The van der Waals surface area contributed by atoms with Gasteiger partial charge in [-0.25, -0.2) is 0 Å². The third kappa shape index (κ3) is 2.24. The molecule has 0 aliphatic heterocycles. The van der Waals surface area contributed by atoms with Crippen molar-refractivity contribution >= 4 is 29.0 Å². The van der Waals surface area contributed by atoms with Crippen LogP contribution in [0.1, 0.15) is 21.7 Å². The summed E-state index contributed by atoms with van der Waals surface area (Å²) in [5.74, 6) is 0.388. The largest absolute Gasteiger partial charge is 0.495 e. The molecule has 0 saturated carbocycles. The van der Waals surface area contributed by atoms with E-state index in [0.29, 0.717) is 16.3 Å². The Kier molecular flexibility index (Phi) is 3.64. The molecule has 1 aromatic carbocycles. The second-order valence-corrected chi connectivity index (χ2v) is 4.54. The SMILES string of the molecule is COc1cc(Cl)c(C(=O)c2occc2C)cc1Cl. The summed E-state index contributed by atoms with van der Waals surface area (Å²) in [4.78, 5) is 12.2. The quantitative estimate of drug-likeness (QED) is 0.796. The Morgan fingerprint density at radius 1 is 1.28 bits per heavy atom. The number of rotatable bonds is 3. The van der Waals surface area contributed by atoms with E-state index in [-0.39, 0.29) is 16.6 Å². The van der Waals surface area contributed by atoms with Crippen LogP contribution < -0.4 is 4.74 Å². The molecule has 2 aromatic rings. The fraction of sp³-hybridized carbons (Fsp3) is 0.154. The molecule has 2 rings (SSSR count). The fourth-order valence-electron chi connectivity index (χ4n) is 1.59. The highest BCUT2D eigenvalue weighted by Crippen LogP contribution is 2.32. The number of aryl methyl sites for hydroxylation is 1. The Balaban J connectivity index is 2.49. The Labute approximate surface area is 114 Å². The monoisotopic (exact) mass is 284 g/mol. The lowest BCUT2D eigenvalue weighted by atomic mass is 10.1. The van der Waals surface area contributed by atoms with Crippen molar-refractivity contribution in [3.05, 3.63) is 51.4 Å². The molecule has 0 aliphatic carbocycles. The zero-order chi connectivity index (χ0) is 13.3. The zero-order valence-corrected chi connectivity index (χ0v) is 11.3. The summed E-state index contributed by atoms with van der Waals surface area (Å²) in [5.41, 5.74) is 1.04. The number of furan rings is 1. The van der Waals surface area contributed by atoms with E-state index in [1.54, 1.807) is 13.0 Å². The lowest BCUT2D eigenvalue weighted by molar-refractivity contribution is 0.101. The van der Waals surface area contributed by atoms with Gasteiger partial charge in [-0.15, -0.1) is 0 Å². The van der Waals surface area contributed by atoms with Crippen LogP contribution in [0.4, 0.5) is 0 Å². The number of carbonyl (C=O) groups is 1. The fourth-order valence-corrected chi connectivity index (χ4v) is 2.07. The number of carbonyl (C=O) groups excluding carboxylic acids is 1. The van der Waals surface area contributed by atoms with Gasteiger partial charge in [0.1, 0.15) is 5.75 Å². The normalized spacial score (nSPS) is 10.4. The van der Waals surface area contributed by atoms with Crippen molar-refractivity contribution in [2.24, 2.45) is 0 Å². The summed E-state index contributed by atoms with van der Waals surface area (Å²) in [5, 5.41) is 0.603. The topological polar surface area (TPSA) is 39.4 Å². The molecule has 0 amide bonds. The van der Waals surface area contributed by atoms with Crippen molar-refractivity contribution in [3.8, 4) is 5.75 Å². The van der Waals surface area contributed by atoms with E-state index >= 15 is 0 Å². The van der Waals surface area contributed by atoms with Crippen LogP contribution in [0.5, 0.6) is 5.75 Å².